The van der Waals surface area contributed by atoms with Crippen molar-refractivity contribution in [2.24, 2.45) is 0 Å². The largest absolute Gasteiger partial charge is 0.504 e. The summed E-state index contributed by atoms with van der Waals surface area (Å²) >= 11 is 0. The fourth-order valence-electron chi connectivity index (χ4n) is 3.91. The maximum absolute atomic E-state index is 12.6. The second kappa shape index (κ2) is 9.92. The summed E-state index contributed by atoms with van der Waals surface area (Å²) in [4.78, 5) is 32.7. The number of ether oxygens (including phenoxy) is 2. The van der Waals surface area contributed by atoms with Crippen LogP contribution in [0.5, 0.6) is 17.2 Å². The average Bonchev–Trinajstić information content (AvgIpc) is 3.27. The first-order chi connectivity index (χ1) is 16.4. The van der Waals surface area contributed by atoms with E-state index in [9.17, 15) is 14.7 Å². The molecular weight excluding hydrogens is 440 g/mol. The summed E-state index contributed by atoms with van der Waals surface area (Å²) in [6.07, 6.45) is 2.91. The summed E-state index contributed by atoms with van der Waals surface area (Å²) in [5.41, 5.74) is 3.91. The number of carbonyl (C=O) groups excluding carboxylic acids is 2. The maximum Gasteiger partial charge on any atom is 0.321 e. The minimum Gasteiger partial charge on any atom is -0.504 e. The van der Waals surface area contributed by atoms with Gasteiger partial charge in [0.2, 0.25) is 0 Å². The van der Waals surface area contributed by atoms with Gasteiger partial charge in [-0.05, 0) is 48.0 Å². The summed E-state index contributed by atoms with van der Waals surface area (Å²) < 4.78 is 10.2. The van der Waals surface area contributed by atoms with Crippen molar-refractivity contribution in [3.63, 3.8) is 0 Å². The van der Waals surface area contributed by atoms with E-state index in [0.29, 0.717) is 43.1 Å². The lowest BCUT2D eigenvalue weighted by atomic mass is 9.91. The van der Waals surface area contributed by atoms with Crippen molar-refractivity contribution in [1.82, 2.24) is 15.7 Å². The Hall–Kier alpha value is -3.92. The van der Waals surface area contributed by atoms with Crippen molar-refractivity contribution in [2.75, 3.05) is 32.6 Å². The van der Waals surface area contributed by atoms with Crippen molar-refractivity contribution in [3.8, 4) is 17.2 Å². The number of hydrogen-bond acceptors (Lipinski definition) is 7. The van der Waals surface area contributed by atoms with Gasteiger partial charge >= 0.3 is 6.03 Å². The molecule has 2 aliphatic heterocycles. The second-order valence-corrected chi connectivity index (χ2v) is 8.16. The standard InChI is InChI=1S/C24H28N4O6/c1-32-18-6-4-17(5-7-18)26-23(31)28-11-9-24(10-12-28)14-19(27-34-24)22(30)25-15-16-3-8-20(29)21(13-16)33-2/h3-8,13-14,27,29H,9-12,15H2,1-2H3,(H,25,30)(H,26,31). The number of hydroxylamine groups is 1. The smallest absolute Gasteiger partial charge is 0.321 e. The zero-order valence-corrected chi connectivity index (χ0v) is 19.1. The van der Waals surface area contributed by atoms with E-state index in [2.05, 4.69) is 16.1 Å². The highest BCUT2D eigenvalue weighted by Gasteiger charge is 2.41. The molecule has 2 aromatic carbocycles. The number of methoxy groups -OCH3 is 2. The number of hydrogen-bond donors (Lipinski definition) is 4. The van der Waals surface area contributed by atoms with Gasteiger partial charge < -0.3 is 30.1 Å². The molecule has 0 atom stereocenters. The van der Waals surface area contributed by atoms with Crippen LogP contribution in [0.2, 0.25) is 0 Å². The topological polar surface area (TPSA) is 121 Å². The van der Waals surface area contributed by atoms with E-state index in [1.165, 1.54) is 13.2 Å². The third kappa shape index (κ3) is 5.18. The number of benzene rings is 2. The van der Waals surface area contributed by atoms with Crippen LogP contribution >= 0.6 is 0 Å². The average molecular weight is 469 g/mol. The van der Waals surface area contributed by atoms with Crippen molar-refractivity contribution in [3.05, 3.63) is 59.8 Å². The van der Waals surface area contributed by atoms with Crippen molar-refractivity contribution in [1.29, 1.82) is 0 Å². The van der Waals surface area contributed by atoms with Gasteiger partial charge in [0.05, 0.1) is 14.2 Å². The normalized spacial score (nSPS) is 16.4. The number of carbonyl (C=O) groups is 2. The third-order valence-electron chi connectivity index (χ3n) is 5.95. The summed E-state index contributed by atoms with van der Waals surface area (Å²) in [5.74, 6) is 0.800. The molecule has 34 heavy (non-hydrogen) atoms. The number of anilines is 1. The Morgan fingerprint density at radius 3 is 2.53 bits per heavy atom. The molecule has 0 unspecified atom stereocenters. The molecule has 1 spiro atoms. The Labute approximate surface area is 197 Å². The molecule has 2 aliphatic rings. The first-order valence-corrected chi connectivity index (χ1v) is 10.9. The zero-order valence-electron chi connectivity index (χ0n) is 19.1. The predicted molar refractivity (Wildman–Crippen MR) is 124 cm³/mol. The number of urea groups is 1. The van der Waals surface area contributed by atoms with Crippen LogP contribution in [0, 0.1) is 0 Å². The van der Waals surface area contributed by atoms with Gasteiger partial charge in [-0.3, -0.25) is 15.1 Å². The summed E-state index contributed by atoms with van der Waals surface area (Å²) in [6.45, 7) is 1.24. The van der Waals surface area contributed by atoms with Crippen LogP contribution in [-0.4, -0.2) is 54.9 Å². The molecule has 4 rings (SSSR count). The van der Waals surface area contributed by atoms with Crippen molar-refractivity contribution >= 4 is 17.6 Å². The molecule has 0 saturated carbocycles. The number of nitrogens with zero attached hydrogens (tertiary/aromatic N) is 1. The fourth-order valence-corrected chi connectivity index (χ4v) is 3.91. The number of aromatic hydroxyl groups is 1. The minimum atomic E-state index is -0.634. The Kier molecular flexibility index (Phi) is 6.78. The molecule has 10 nitrogen and oxygen atoms in total. The molecule has 3 amide bonds. The van der Waals surface area contributed by atoms with E-state index in [1.807, 2.05) is 0 Å². The number of phenols is 1. The highest BCUT2D eigenvalue weighted by atomic mass is 16.7. The van der Waals surface area contributed by atoms with Crippen molar-refractivity contribution in [2.45, 2.75) is 25.0 Å². The quantitative estimate of drug-likeness (QED) is 0.514. The molecule has 0 aliphatic carbocycles. The molecular formula is C24H28N4O6. The lowest BCUT2D eigenvalue weighted by molar-refractivity contribution is -0.120. The van der Waals surface area contributed by atoms with E-state index < -0.39 is 5.60 Å². The number of rotatable bonds is 6. The van der Waals surface area contributed by atoms with Crippen LogP contribution in [0.1, 0.15) is 18.4 Å². The lowest BCUT2D eigenvalue weighted by Gasteiger charge is -2.36. The fraction of sp³-hybridized carbons (Fsp3) is 0.333. The molecule has 180 valence electrons. The van der Waals surface area contributed by atoms with Crippen LogP contribution in [0.3, 0.4) is 0 Å². The number of amides is 3. The summed E-state index contributed by atoms with van der Waals surface area (Å²) in [6, 6.07) is 11.8. The van der Waals surface area contributed by atoms with Gasteiger partial charge in [0.25, 0.3) is 5.91 Å². The van der Waals surface area contributed by atoms with Gasteiger partial charge in [0, 0.05) is 38.2 Å². The van der Waals surface area contributed by atoms with Gasteiger partial charge in [-0.2, -0.15) is 0 Å². The van der Waals surface area contributed by atoms with Gasteiger partial charge in [0.15, 0.2) is 11.5 Å². The van der Waals surface area contributed by atoms with E-state index in [0.717, 1.165) is 11.3 Å². The molecule has 1 fully saturated rings. The van der Waals surface area contributed by atoms with E-state index in [-0.39, 0.29) is 24.2 Å². The van der Waals surface area contributed by atoms with Crippen LogP contribution in [0.15, 0.2) is 54.2 Å². The number of nitrogens with one attached hydrogen (secondary N) is 3. The Morgan fingerprint density at radius 1 is 1.12 bits per heavy atom. The first kappa shape index (κ1) is 23.2. The number of likely N-dealkylation sites (tertiary alicyclic amines) is 1. The molecule has 10 heteroatoms. The highest BCUT2D eigenvalue weighted by molar-refractivity contribution is 5.93. The second-order valence-electron chi connectivity index (χ2n) is 8.16. The summed E-state index contributed by atoms with van der Waals surface area (Å²) in [7, 11) is 3.06. The SMILES string of the molecule is COc1ccc(NC(=O)N2CCC3(C=C(C(=O)NCc4ccc(O)c(OC)c4)NO3)CC2)cc1. The van der Waals surface area contributed by atoms with Crippen LogP contribution in [0.4, 0.5) is 10.5 Å². The molecule has 2 aromatic rings. The zero-order chi connectivity index (χ0) is 24.1. The van der Waals surface area contributed by atoms with Gasteiger partial charge in [-0.25, -0.2) is 4.79 Å². The molecule has 1 saturated heterocycles. The third-order valence-corrected chi connectivity index (χ3v) is 5.95. The highest BCUT2D eigenvalue weighted by Crippen LogP contribution is 2.32. The molecule has 2 heterocycles. The van der Waals surface area contributed by atoms with E-state index in [1.54, 1.807) is 54.5 Å². The molecule has 0 aromatic heterocycles. The lowest BCUT2D eigenvalue weighted by Crippen LogP contribution is -2.48. The van der Waals surface area contributed by atoms with Crippen LogP contribution in [-0.2, 0) is 16.2 Å². The molecule has 0 radical (unpaired) electrons. The van der Waals surface area contributed by atoms with Gasteiger partial charge in [-0.15, -0.1) is 0 Å². The van der Waals surface area contributed by atoms with Gasteiger partial charge in [-0.1, -0.05) is 6.07 Å². The molecule has 4 N–H and O–H groups in total. The van der Waals surface area contributed by atoms with Crippen LogP contribution in [0.25, 0.3) is 0 Å². The molecule has 0 bridgehead atoms. The minimum absolute atomic E-state index is 0.0390. The van der Waals surface area contributed by atoms with Gasteiger partial charge in [0.1, 0.15) is 17.0 Å². The predicted octanol–water partition coefficient (Wildman–Crippen LogP) is 2.51. The Balaban J connectivity index is 1.29. The number of phenolic OH excluding ortho intramolecular Hbond substituents is 1. The summed E-state index contributed by atoms with van der Waals surface area (Å²) in [5, 5.41) is 15.4. The monoisotopic (exact) mass is 468 g/mol. The van der Waals surface area contributed by atoms with E-state index in [4.69, 9.17) is 14.3 Å². The number of piperidine rings is 1. The Bertz CT molecular complexity index is 1080. The Morgan fingerprint density at radius 2 is 1.85 bits per heavy atom. The van der Waals surface area contributed by atoms with Crippen molar-refractivity contribution < 1.29 is 29.0 Å². The van der Waals surface area contributed by atoms with Crippen LogP contribution < -0.4 is 25.6 Å². The first-order valence-electron chi connectivity index (χ1n) is 10.9. The maximum atomic E-state index is 12.6. The van der Waals surface area contributed by atoms with E-state index >= 15 is 0 Å².